The SMILES string of the molecule is C[C@H]1CN[C@H](c2cc(-c3ccc(N)nc3)ccc2C2CCOCC2)CO1. The molecule has 3 heterocycles. The second-order valence-corrected chi connectivity index (χ2v) is 7.31. The number of morpholine rings is 1. The van der Waals surface area contributed by atoms with Gasteiger partial charge in [0, 0.05) is 31.5 Å². The van der Waals surface area contributed by atoms with Gasteiger partial charge in [0.25, 0.3) is 0 Å². The van der Waals surface area contributed by atoms with Crippen LogP contribution in [0.3, 0.4) is 0 Å². The molecule has 2 aromatic rings. The number of ether oxygens (including phenoxy) is 2. The zero-order valence-corrected chi connectivity index (χ0v) is 15.3. The summed E-state index contributed by atoms with van der Waals surface area (Å²) in [6, 6.07) is 10.9. The molecule has 2 aliphatic heterocycles. The van der Waals surface area contributed by atoms with Crippen molar-refractivity contribution in [2.45, 2.75) is 37.8 Å². The number of hydrogen-bond acceptors (Lipinski definition) is 5. The van der Waals surface area contributed by atoms with Gasteiger partial charge < -0.3 is 20.5 Å². The maximum absolute atomic E-state index is 5.93. The van der Waals surface area contributed by atoms with Gasteiger partial charge in [-0.2, -0.15) is 0 Å². The number of pyridine rings is 1. The lowest BCUT2D eigenvalue weighted by Crippen LogP contribution is -2.40. The van der Waals surface area contributed by atoms with E-state index < -0.39 is 0 Å². The van der Waals surface area contributed by atoms with Crippen molar-refractivity contribution in [2.75, 3.05) is 32.1 Å². The van der Waals surface area contributed by atoms with Crippen LogP contribution in [0.1, 0.15) is 42.9 Å². The Morgan fingerprint density at radius 3 is 2.58 bits per heavy atom. The summed E-state index contributed by atoms with van der Waals surface area (Å²) in [5.41, 5.74) is 10.8. The molecule has 0 unspecified atom stereocenters. The van der Waals surface area contributed by atoms with Gasteiger partial charge in [-0.05, 0) is 60.6 Å². The van der Waals surface area contributed by atoms with Gasteiger partial charge in [-0.25, -0.2) is 4.98 Å². The molecule has 0 amide bonds. The third-order valence-corrected chi connectivity index (χ3v) is 5.44. The van der Waals surface area contributed by atoms with Crippen molar-refractivity contribution >= 4 is 5.82 Å². The van der Waals surface area contributed by atoms with Crippen LogP contribution in [0, 0.1) is 0 Å². The maximum Gasteiger partial charge on any atom is 0.123 e. The van der Waals surface area contributed by atoms with E-state index in [4.69, 9.17) is 15.2 Å². The standard InChI is InChI=1S/C21H27N3O2/c1-14-11-23-20(13-26-14)19-10-16(17-3-5-21(22)24-12-17)2-4-18(19)15-6-8-25-9-7-15/h2-5,10,12,14-15,20,23H,6-9,11,13H2,1H3,(H2,22,24)/t14-,20-/m0/s1. The fraction of sp³-hybridized carbons (Fsp3) is 0.476. The highest BCUT2D eigenvalue weighted by atomic mass is 16.5. The van der Waals surface area contributed by atoms with Gasteiger partial charge in [0.05, 0.1) is 18.8 Å². The molecule has 138 valence electrons. The predicted molar refractivity (Wildman–Crippen MR) is 103 cm³/mol. The van der Waals surface area contributed by atoms with Crippen LogP contribution in [0.25, 0.3) is 11.1 Å². The fourth-order valence-corrected chi connectivity index (χ4v) is 3.90. The molecular weight excluding hydrogens is 326 g/mol. The Bertz CT molecular complexity index is 733. The first-order chi connectivity index (χ1) is 12.7. The van der Waals surface area contributed by atoms with Crippen LogP contribution in [0.15, 0.2) is 36.5 Å². The van der Waals surface area contributed by atoms with Gasteiger partial charge >= 0.3 is 0 Å². The highest BCUT2D eigenvalue weighted by Gasteiger charge is 2.26. The van der Waals surface area contributed by atoms with Crippen molar-refractivity contribution in [1.29, 1.82) is 0 Å². The van der Waals surface area contributed by atoms with E-state index in [0.717, 1.165) is 38.2 Å². The first-order valence-corrected chi connectivity index (χ1v) is 9.49. The number of benzene rings is 1. The number of anilines is 1. The van der Waals surface area contributed by atoms with Crippen LogP contribution in [0.2, 0.25) is 0 Å². The monoisotopic (exact) mass is 353 g/mol. The van der Waals surface area contributed by atoms with E-state index >= 15 is 0 Å². The second kappa shape index (κ2) is 7.74. The molecule has 0 radical (unpaired) electrons. The molecule has 2 atom stereocenters. The van der Waals surface area contributed by atoms with Crippen molar-refractivity contribution in [3.05, 3.63) is 47.7 Å². The molecule has 1 aromatic heterocycles. The number of rotatable bonds is 3. The molecule has 26 heavy (non-hydrogen) atoms. The largest absolute Gasteiger partial charge is 0.384 e. The third kappa shape index (κ3) is 3.75. The lowest BCUT2D eigenvalue weighted by Gasteiger charge is -2.33. The van der Waals surface area contributed by atoms with E-state index in [1.165, 1.54) is 16.7 Å². The quantitative estimate of drug-likeness (QED) is 0.886. The minimum absolute atomic E-state index is 0.228. The topological polar surface area (TPSA) is 69.4 Å². The number of nitrogens with one attached hydrogen (secondary N) is 1. The zero-order chi connectivity index (χ0) is 17.9. The van der Waals surface area contributed by atoms with Crippen molar-refractivity contribution < 1.29 is 9.47 Å². The fourth-order valence-electron chi connectivity index (χ4n) is 3.90. The van der Waals surface area contributed by atoms with E-state index in [-0.39, 0.29) is 12.1 Å². The van der Waals surface area contributed by atoms with Crippen LogP contribution in [-0.2, 0) is 9.47 Å². The summed E-state index contributed by atoms with van der Waals surface area (Å²) in [7, 11) is 0. The van der Waals surface area contributed by atoms with Crippen molar-refractivity contribution in [3.63, 3.8) is 0 Å². The smallest absolute Gasteiger partial charge is 0.123 e. The van der Waals surface area contributed by atoms with Crippen molar-refractivity contribution in [3.8, 4) is 11.1 Å². The normalized spacial score (nSPS) is 24.5. The molecular formula is C21H27N3O2. The summed E-state index contributed by atoms with van der Waals surface area (Å²) in [5, 5.41) is 3.66. The summed E-state index contributed by atoms with van der Waals surface area (Å²) in [5.74, 6) is 1.10. The predicted octanol–water partition coefficient (Wildman–Crippen LogP) is 3.27. The minimum atomic E-state index is 0.228. The summed E-state index contributed by atoms with van der Waals surface area (Å²) in [4.78, 5) is 4.24. The Kier molecular flexibility index (Phi) is 5.20. The number of nitrogens with two attached hydrogens (primary N) is 1. The van der Waals surface area contributed by atoms with E-state index in [1.54, 1.807) is 0 Å². The molecule has 0 bridgehead atoms. The van der Waals surface area contributed by atoms with Crippen LogP contribution >= 0.6 is 0 Å². The Labute approximate surface area is 154 Å². The first-order valence-electron chi connectivity index (χ1n) is 9.49. The number of nitrogen functional groups attached to an aromatic ring is 1. The van der Waals surface area contributed by atoms with Crippen LogP contribution < -0.4 is 11.1 Å². The molecule has 2 fully saturated rings. The maximum atomic E-state index is 5.93. The molecule has 2 saturated heterocycles. The van der Waals surface area contributed by atoms with Gasteiger partial charge in [-0.1, -0.05) is 12.1 Å². The molecule has 0 aliphatic carbocycles. The average molecular weight is 353 g/mol. The Hall–Kier alpha value is -1.95. The van der Waals surface area contributed by atoms with Gasteiger partial charge in [-0.3, -0.25) is 0 Å². The Morgan fingerprint density at radius 1 is 1.08 bits per heavy atom. The van der Waals surface area contributed by atoms with Gasteiger partial charge in [0.1, 0.15) is 5.82 Å². The summed E-state index contributed by atoms with van der Waals surface area (Å²) >= 11 is 0. The van der Waals surface area contributed by atoms with E-state index in [9.17, 15) is 0 Å². The second-order valence-electron chi connectivity index (χ2n) is 7.31. The molecule has 0 saturated carbocycles. The number of aromatic nitrogens is 1. The van der Waals surface area contributed by atoms with Crippen LogP contribution in [0.4, 0.5) is 5.82 Å². The Balaban J connectivity index is 1.70. The summed E-state index contributed by atoms with van der Waals surface area (Å²) in [6.07, 6.45) is 4.27. The van der Waals surface area contributed by atoms with Gasteiger partial charge in [0.15, 0.2) is 0 Å². The van der Waals surface area contributed by atoms with Crippen LogP contribution in [-0.4, -0.2) is 37.5 Å². The number of hydrogen-bond donors (Lipinski definition) is 2. The summed E-state index contributed by atoms with van der Waals surface area (Å²) < 4.78 is 11.5. The Morgan fingerprint density at radius 2 is 1.88 bits per heavy atom. The summed E-state index contributed by atoms with van der Waals surface area (Å²) in [6.45, 7) is 5.39. The van der Waals surface area contributed by atoms with Crippen molar-refractivity contribution in [2.24, 2.45) is 0 Å². The van der Waals surface area contributed by atoms with Crippen molar-refractivity contribution in [1.82, 2.24) is 10.3 Å². The number of nitrogens with zero attached hydrogens (tertiary/aromatic N) is 1. The molecule has 4 rings (SSSR count). The highest BCUT2D eigenvalue weighted by Crippen LogP contribution is 2.36. The highest BCUT2D eigenvalue weighted by molar-refractivity contribution is 5.65. The lowest BCUT2D eigenvalue weighted by molar-refractivity contribution is 0.0144. The lowest BCUT2D eigenvalue weighted by atomic mass is 9.84. The molecule has 1 aromatic carbocycles. The van der Waals surface area contributed by atoms with E-state index in [0.29, 0.717) is 18.3 Å². The van der Waals surface area contributed by atoms with E-state index in [2.05, 4.69) is 35.4 Å². The molecule has 0 spiro atoms. The molecule has 5 heteroatoms. The van der Waals surface area contributed by atoms with Crippen LogP contribution in [0.5, 0.6) is 0 Å². The minimum Gasteiger partial charge on any atom is -0.384 e. The first kappa shape index (κ1) is 17.5. The van der Waals surface area contributed by atoms with Gasteiger partial charge in [-0.15, -0.1) is 0 Å². The van der Waals surface area contributed by atoms with E-state index in [1.807, 2.05) is 18.3 Å². The average Bonchev–Trinajstić information content (AvgIpc) is 2.69. The molecule has 5 nitrogen and oxygen atoms in total. The third-order valence-electron chi connectivity index (χ3n) is 5.44. The zero-order valence-electron chi connectivity index (χ0n) is 15.3. The molecule has 2 aliphatic rings. The van der Waals surface area contributed by atoms with Gasteiger partial charge in [0.2, 0.25) is 0 Å². The molecule has 3 N–H and O–H groups in total.